The number of sulfonamides is 1. The van der Waals surface area contributed by atoms with Crippen LogP contribution in [-0.4, -0.2) is 26.4 Å². The van der Waals surface area contributed by atoms with Gasteiger partial charge in [-0.2, -0.15) is 0 Å². The zero-order valence-electron chi connectivity index (χ0n) is 17.6. The maximum atomic E-state index is 13.1. The lowest BCUT2D eigenvalue weighted by atomic mass is 10.0. The predicted molar refractivity (Wildman–Crippen MR) is 126 cm³/mol. The van der Waals surface area contributed by atoms with E-state index in [0.29, 0.717) is 17.7 Å². The van der Waals surface area contributed by atoms with Gasteiger partial charge in [0.2, 0.25) is 10.0 Å². The van der Waals surface area contributed by atoms with Crippen molar-refractivity contribution in [2.24, 2.45) is 0 Å². The number of nitrogens with one attached hydrogen (secondary N) is 2. The van der Waals surface area contributed by atoms with Crippen LogP contribution in [0.25, 0.3) is 22.2 Å². The molecule has 7 heteroatoms. The molecular weight excluding hydrogens is 422 g/mol. The van der Waals surface area contributed by atoms with Crippen molar-refractivity contribution in [3.63, 3.8) is 0 Å². The van der Waals surface area contributed by atoms with Crippen LogP contribution < -0.4 is 10.0 Å². The summed E-state index contributed by atoms with van der Waals surface area (Å²) in [6.45, 7) is 0.329. The van der Waals surface area contributed by atoms with E-state index < -0.39 is 10.0 Å². The Morgan fingerprint density at radius 3 is 2.25 bits per heavy atom. The van der Waals surface area contributed by atoms with Crippen LogP contribution in [0.5, 0.6) is 0 Å². The van der Waals surface area contributed by atoms with Crippen molar-refractivity contribution >= 4 is 26.8 Å². The van der Waals surface area contributed by atoms with Gasteiger partial charge >= 0.3 is 0 Å². The molecule has 1 amide bonds. The number of hydrogen-bond donors (Lipinski definition) is 2. The molecule has 0 radical (unpaired) electrons. The average Bonchev–Trinajstić information content (AvgIpc) is 2.83. The van der Waals surface area contributed by atoms with Crippen LogP contribution in [0.4, 0.5) is 0 Å². The number of aromatic nitrogens is 1. The molecule has 0 aliphatic rings. The molecule has 0 bridgehead atoms. The Kier molecular flexibility index (Phi) is 6.30. The number of fused-ring (bicyclic) bond motifs is 1. The molecule has 1 heterocycles. The van der Waals surface area contributed by atoms with Crippen molar-refractivity contribution < 1.29 is 13.2 Å². The third-order valence-corrected chi connectivity index (χ3v) is 6.51. The maximum Gasteiger partial charge on any atom is 0.252 e. The lowest BCUT2D eigenvalue weighted by molar-refractivity contribution is 0.0952. The third kappa shape index (κ3) is 5.01. The number of rotatable bonds is 7. The van der Waals surface area contributed by atoms with E-state index in [4.69, 9.17) is 4.98 Å². The molecule has 4 aromatic rings. The Morgan fingerprint density at radius 1 is 0.875 bits per heavy atom. The molecule has 0 aliphatic carbocycles. The third-order valence-electron chi connectivity index (χ3n) is 5.17. The van der Waals surface area contributed by atoms with Gasteiger partial charge in [0.15, 0.2) is 0 Å². The fourth-order valence-electron chi connectivity index (χ4n) is 3.44. The molecule has 3 aromatic carbocycles. The van der Waals surface area contributed by atoms with Gasteiger partial charge in [0, 0.05) is 17.5 Å². The summed E-state index contributed by atoms with van der Waals surface area (Å²) in [6, 6.07) is 26.3. The number of para-hydroxylation sites is 1. The van der Waals surface area contributed by atoms with Gasteiger partial charge in [-0.1, -0.05) is 72.8 Å². The van der Waals surface area contributed by atoms with Crippen LogP contribution in [0, 0.1) is 0 Å². The minimum atomic E-state index is -3.32. The molecule has 0 unspecified atom stereocenters. The summed E-state index contributed by atoms with van der Waals surface area (Å²) in [7, 11) is -1.93. The summed E-state index contributed by atoms with van der Waals surface area (Å²) >= 11 is 0. The van der Waals surface area contributed by atoms with Crippen LogP contribution in [-0.2, 0) is 22.3 Å². The molecule has 0 fully saturated rings. The minimum Gasteiger partial charge on any atom is -0.348 e. The topological polar surface area (TPSA) is 88.2 Å². The van der Waals surface area contributed by atoms with E-state index in [1.165, 1.54) is 7.05 Å². The first-order valence-corrected chi connectivity index (χ1v) is 11.8. The number of carbonyl (C=O) groups excluding carboxylic acids is 1. The zero-order valence-corrected chi connectivity index (χ0v) is 18.4. The first kappa shape index (κ1) is 21.7. The lowest BCUT2D eigenvalue weighted by Crippen LogP contribution is -2.23. The van der Waals surface area contributed by atoms with E-state index >= 15 is 0 Å². The normalized spacial score (nSPS) is 11.4. The van der Waals surface area contributed by atoms with E-state index in [1.54, 1.807) is 12.1 Å². The van der Waals surface area contributed by atoms with Gasteiger partial charge in [0.05, 0.1) is 22.5 Å². The van der Waals surface area contributed by atoms with Crippen molar-refractivity contribution in [2.45, 2.75) is 12.3 Å². The molecule has 6 nitrogen and oxygen atoms in total. The largest absolute Gasteiger partial charge is 0.348 e. The summed E-state index contributed by atoms with van der Waals surface area (Å²) in [4.78, 5) is 17.8. The van der Waals surface area contributed by atoms with Gasteiger partial charge in [-0.3, -0.25) is 4.79 Å². The second-order valence-electron chi connectivity index (χ2n) is 7.40. The summed E-state index contributed by atoms with van der Waals surface area (Å²) in [6.07, 6.45) is 0. The van der Waals surface area contributed by atoms with Crippen molar-refractivity contribution in [3.8, 4) is 11.3 Å². The van der Waals surface area contributed by atoms with Gasteiger partial charge in [-0.15, -0.1) is 0 Å². The first-order chi connectivity index (χ1) is 15.4. The highest BCUT2D eigenvalue weighted by Gasteiger charge is 2.14. The van der Waals surface area contributed by atoms with Gasteiger partial charge in [0.1, 0.15) is 0 Å². The Morgan fingerprint density at radius 2 is 1.53 bits per heavy atom. The monoisotopic (exact) mass is 445 g/mol. The number of carbonyl (C=O) groups is 1. The average molecular weight is 446 g/mol. The Labute approximate surface area is 187 Å². The van der Waals surface area contributed by atoms with Crippen LogP contribution in [0.2, 0.25) is 0 Å². The molecule has 0 saturated carbocycles. The van der Waals surface area contributed by atoms with E-state index in [0.717, 1.165) is 27.7 Å². The molecule has 162 valence electrons. The number of benzene rings is 3. The number of hydrogen-bond acceptors (Lipinski definition) is 4. The first-order valence-electron chi connectivity index (χ1n) is 10.2. The molecule has 0 saturated heterocycles. The quantitative estimate of drug-likeness (QED) is 0.452. The fourth-order valence-corrected chi connectivity index (χ4v) is 4.22. The van der Waals surface area contributed by atoms with Crippen LogP contribution in [0.1, 0.15) is 21.5 Å². The summed E-state index contributed by atoms with van der Waals surface area (Å²) in [5, 5.41) is 3.76. The second kappa shape index (κ2) is 9.30. The summed E-state index contributed by atoms with van der Waals surface area (Å²) in [5.41, 5.74) is 4.57. The molecule has 2 N–H and O–H groups in total. The van der Waals surface area contributed by atoms with Crippen molar-refractivity contribution in [2.75, 3.05) is 7.05 Å². The minimum absolute atomic E-state index is 0.0819. The molecule has 32 heavy (non-hydrogen) atoms. The molecular formula is C25H23N3O3S. The van der Waals surface area contributed by atoms with Crippen molar-refractivity contribution in [3.05, 3.63) is 102 Å². The van der Waals surface area contributed by atoms with Crippen molar-refractivity contribution in [1.82, 2.24) is 15.0 Å². The summed E-state index contributed by atoms with van der Waals surface area (Å²) < 4.78 is 25.7. The van der Waals surface area contributed by atoms with Gasteiger partial charge in [0.25, 0.3) is 5.91 Å². The molecule has 4 rings (SSSR count). The molecule has 0 aliphatic heterocycles. The smallest absolute Gasteiger partial charge is 0.252 e. The molecule has 0 spiro atoms. The number of pyridine rings is 1. The van der Waals surface area contributed by atoms with Gasteiger partial charge < -0.3 is 5.32 Å². The predicted octanol–water partition coefficient (Wildman–Crippen LogP) is 3.88. The lowest BCUT2D eigenvalue weighted by Gasteiger charge is -2.11. The molecule has 1 aromatic heterocycles. The van der Waals surface area contributed by atoms with E-state index in [-0.39, 0.29) is 11.7 Å². The van der Waals surface area contributed by atoms with Crippen molar-refractivity contribution in [1.29, 1.82) is 0 Å². The number of amides is 1. The molecule has 0 atom stereocenters. The Hall–Kier alpha value is -3.55. The van der Waals surface area contributed by atoms with Gasteiger partial charge in [-0.25, -0.2) is 18.1 Å². The van der Waals surface area contributed by atoms with E-state index in [9.17, 15) is 13.2 Å². The van der Waals surface area contributed by atoms with Crippen LogP contribution in [0.3, 0.4) is 0 Å². The maximum absolute atomic E-state index is 13.1. The summed E-state index contributed by atoms with van der Waals surface area (Å²) in [5.74, 6) is -0.274. The highest BCUT2D eigenvalue weighted by molar-refractivity contribution is 7.88. The fraction of sp³-hybridized carbons (Fsp3) is 0.120. The van der Waals surface area contributed by atoms with E-state index in [2.05, 4.69) is 10.0 Å². The van der Waals surface area contributed by atoms with Crippen LogP contribution >= 0.6 is 0 Å². The standard InChI is InChI=1S/C25H23N3O3S/c1-26-32(30,31)17-19-13-11-18(12-14-19)16-27-25(29)22-15-24(20-7-3-2-4-8-20)28-23-10-6-5-9-21(22)23/h2-15,26H,16-17H2,1H3,(H,27,29). The van der Waals surface area contributed by atoms with Crippen LogP contribution in [0.15, 0.2) is 84.9 Å². The SMILES string of the molecule is CNS(=O)(=O)Cc1ccc(CNC(=O)c2cc(-c3ccccc3)nc3ccccc23)cc1. The highest BCUT2D eigenvalue weighted by atomic mass is 32.2. The van der Waals surface area contributed by atoms with E-state index in [1.807, 2.05) is 72.8 Å². The second-order valence-corrected chi connectivity index (χ2v) is 9.33. The number of nitrogens with zero attached hydrogens (tertiary/aromatic N) is 1. The highest BCUT2D eigenvalue weighted by Crippen LogP contribution is 2.24. The van der Waals surface area contributed by atoms with Gasteiger partial charge in [-0.05, 0) is 30.3 Å². The Bertz CT molecular complexity index is 1350. The Balaban J connectivity index is 1.55. The zero-order chi connectivity index (χ0) is 22.6.